The highest BCUT2D eigenvalue weighted by Gasteiger charge is 2.53. The average Bonchev–Trinajstić information content (AvgIpc) is 2.53. The van der Waals surface area contributed by atoms with Crippen molar-refractivity contribution in [3.8, 4) is 0 Å². The maximum absolute atomic E-state index is 13.9. The van der Waals surface area contributed by atoms with E-state index in [-0.39, 0.29) is 9.87 Å². The van der Waals surface area contributed by atoms with E-state index in [4.69, 9.17) is 5.11 Å². The van der Waals surface area contributed by atoms with Gasteiger partial charge in [-0.2, -0.15) is 12.7 Å². The summed E-state index contributed by atoms with van der Waals surface area (Å²) < 4.78 is 42.2. The van der Waals surface area contributed by atoms with Crippen molar-refractivity contribution in [2.45, 2.75) is 12.5 Å². The Balaban J connectivity index is 2.65. The predicted octanol–water partition coefficient (Wildman–Crippen LogP) is 2.06. The Bertz CT molecular complexity index is 649. The summed E-state index contributed by atoms with van der Waals surface area (Å²) in [6.45, 7) is 0.811. The summed E-state index contributed by atoms with van der Waals surface area (Å²) in [5, 5.41) is 9.04. The molecule has 0 bridgehead atoms. The highest BCUT2D eigenvalue weighted by Crippen LogP contribution is 2.39. The fourth-order valence-electron chi connectivity index (χ4n) is 1.95. The van der Waals surface area contributed by atoms with Crippen molar-refractivity contribution < 1.29 is 26.9 Å². The van der Waals surface area contributed by atoms with E-state index in [1.165, 1.54) is 19.1 Å². The lowest BCUT2D eigenvalue weighted by Gasteiger charge is -2.29. The van der Waals surface area contributed by atoms with Crippen LogP contribution in [0.3, 0.4) is 0 Å². The number of amides is 1. The third kappa shape index (κ3) is 2.21. The zero-order chi connectivity index (χ0) is 14.4. The van der Waals surface area contributed by atoms with Crippen LogP contribution >= 0.6 is 15.9 Å². The molecule has 0 spiro atoms. The number of hydrogen-bond donors (Lipinski definition) is 1. The molecule has 0 unspecified atom stereocenters. The summed E-state index contributed by atoms with van der Waals surface area (Å²) >= 11 is 3.13. The van der Waals surface area contributed by atoms with Crippen LogP contribution in [-0.4, -0.2) is 30.5 Å². The maximum Gasteiger partial charge on any atom is 0.423 e. The van der Waals surface area contributed by atoms with Gasteiger partial charge in [0.25, 0.3) is 0 Å². The van der Waals surface area contributed by atoms with Crippen LogP contribution in [0.2, 0.25) is 0 Å². The van der Waals surface area contributed by atoms with E-state index in [1.54, 1.807) is 0 Å². The van der Waals surface area contributed by atoms with Gasteiger partial charge in [0.1, 0.15) is 11.4 Å². The SMILES string of the molecule is C[C@@]1(c2cc(Br)ccc2F)COS(=O)(=O)N1C(=O)O. The highest BCUT2D eigenvalue weighted by molar-refractivity contribution is 9.10. The number of carboxylic acid groups (broad SMARTS) is 1. The summed E-state index contributed by atoms with van der Waals surface area (Å²) in [6, 6.07) is 3.88. The molecule has 0 aliphatic carbocycles. The van der Waals surface area contributed by atoms with Gasteiger partial charge in [0.05, 0.1) is 6.61 Å². The molecule has 1 aromatic rings. The molecule has 0 radical (unpaired) electrons. The van der Waals surface area contributed by atoms with Crippen molar-refractivity contribution in [1.29, 1.82) is 0 Å². The Labute approximate surface area is 117 Å². The molecule has 1 aliphatic heterocycles. The molecule has 6 nitrogen and oxygen atoms in total. The lowest BCUT2D eigenvalue weighted by Crippen LogP contribution is -2.46. The second kappa shape index (κ2) is 4.43. The maximum atomic E-state index is 13.9. The quantitative estimate of drug-likeness (QED) is 0.835. The number of halogens is 2. The first-order valence-electron chi connectivity index (χ1n) is 5.07. The van der Waals surface area contributed by atoms with Crippen LogP contribution in [0.25, 0.3) is 0 Å². The molecular weight excluding hydrogens is 345 g/mol. The van der Waals surface area contributed by atoms with Crippen LogP contribution in [0.5, 0.6) is 0 Å². The third-order valence-electron chi connectivity index (χ3n) is 2.84. The van der Waals surface area contributed by atoms with E-state index >= 15 is 0 Å². The monoisotopic (exact) mass is 353 g/mol. The van der Waals surface area contributed by atoms with Crippen LogP contribution in [0.1, 0.15) is 12.5 Å². The van der Waals surface area contributed by atoms with Gasteiger partial charge in [0.2, 0.25) is 0 Å². The lowest BCUT2D eigenvalue weighted by molar-refractivity contribution is 0.137. The molecule has 1 aliphatic rings. The van der Waals surface area contributed by atoms with Crippen LogP contribution < -0.4 is 0 Å². The number of rotatable bonds is 1. The molecular formula is C10H9BrFNO5S. The second-order valence-corrected chi connectivity index (χ2v) is 6.54. The Kier molecular flexibility index (Phi) is 3.31. The minimum Gasteiger partial charge on any atom is -0.464 e. The Hall–Kier alpha value is -1.19. The normalized spacial score (nSPS) is 25.5. The average molecular weight is 354 g/mol. The Morgan fingerprint density at radius 2 is 2.21 bits per heavy atom. The van der Waals surface area contributed by atoms with Crippen LogP contribution in [0.4, 0.5) is 9.18 Å². The largest absolute Gasteiger partial charge is 0.464 e. The Morgan fingerprint density at radius 1 is 1.58 bits per heavy atom. The van der Waals surface area contributed by atoms with Gasteiger partial charge < -0.3 is 5.11 Å². The molecule has 0 aromatic heterocycles. The summed E-state index contributed by atoms with van der Waals surface area (Å²) in [7, 11) is -4.42. The van der Waals surface area contributed by atoms with Gasteiger partial charge >= 0.3 is 16.4 Å². The molecule has 9 heteroatoms. The van der Waals surface area contributed by atoms with Gasteiger partial charge in [-0.05, 0) is 25.1 Å². The third-order valence-corrected chi connectivity index (χ3v) is 4.76. The standard InChI is InChI=1S/C10H9BrFNO5S/c1-10(7-4-6(11)2-3-8(7)12)5-18-19(16,17)13(10)9(14)15/h2-4H,5H2,1H3,(H,14,15)/t10-/m0/s1. The first kappa shape index (κ1) is 14.2. The number of nitrogens with zero attached hydrogens (tertiary/aromatic N) is 1. The fraction of sp³-hybridized carbons (Fsp3) is 0.300. The first-order chi connectivity index (χ1) is 8.68. The summed E-state index contributed by atoms with van der Waals surface area (Å²) in [5.74, 6) is -0.711. The van der Waals surface area contributed by atoms with Crippen molar-refractivity contribution in [2.75, 3.05) is 6.61 Å². The zero-order valence-corrected chi connectivity index (χ0v) is 12.0. The zero-order valence-electron chi connectivity index (χ0n) is 9.63. The van der Waals surface area contributed by atoms with E-state index < -0.39 is 34.4 Å². The molecule has 1 aromatic carbocycles. The Morgan fingerprint density at radius 3 is 2.79 bits per heavy atom. The van der Waals surface area contributed by atoms with Crippen molar-refractivity contribution in [1.82, 2.24) is 4.31 Å². The molecule has 1 atom stereocenters. The van der Waals surface area contributed by atoms with Crippen LogP contribution in [-0.2, 0) is 20.0 Å². The first-order valence-corrected chi connectivity index (χ1v) is 7.22. The summed E-state index contributed by atoms with van der Waals surface area (Å²) in [4.78, 5) is 11.1. The van der Waals surface area contributed by atoms with Gasteiger partial charge in [0, 0.05) is 10.0 Å². The number of carbonyl (C=O) groups is 1. The van der Waals surface area contributed by atoms with E-state index in [1.807, 2.05) is 0 Å². The van der Waals surface area contributed by atoms with Crippen molar-refractivity contribution in [3.63, 3.8) is 0 Å². The molecule has 19 heavy (non-hydrogen) atoms. The van der Waals surface area contributed by atoms with Gasteiger partial charge in [0.15, 0.2) is 0 Å². The summed E-state index contributed by atoms with van der Waals surface area (Å²) in [5.41, 5.74) is -1.72. The highest BCUT2D eigenvalue weighted by atomic mass is 79.9. The molecule has 1 saturated heterocycles. The summed E-state index contributed by atoms with van der Waals surface area (Å²) in [6.07, 6.45) is -1.72. The molecule has 1 N–H and O–H groups in total. The van der Waals surface area contributed by atoms with Crippen molar-refractivity contribution >= 4 is 32.3 Å². The molecule has 104 valence electrons. The van der Waals surface area contributed by atoms with E-state index in [9.17, 15) is 17.6 Å². The lowest BCUT2D eigenvalue weighted by atomic mass is 9.92. The number of hydrogen-bond acceptors (Lipinski definition) is 4. The van der Waals surface area contributed by atoms with Gasteiger partial charge in [-0.1, -0.05) is 15.9 Å². The fourth-order valence-corrected chi connectivity index (χ4v) is 3.63. The van der Waals surface area contributed by atoms with E-state index in [2.05, 4.69) is 20.1 Å². The predicted molar refractivity (Wildman–Crippen MR) is 66.2 cm³/mol. The second-order valence-electron chi connectivity index (χ2n) is 4.16. The van der Waals surface area contributed by atoms with Gasteiger partial charge in [-0.3, -0.25) is 4.18 Å². The smallest absolute Gasteiger partial charge is 0.423 e. The van der Waals surface area contributed by atoms with E-state index in [0.29, 0.717) is 4.47 Å². The number of benzene rings is 1. The molecule has 0 saturated carbocycles. The van der Waals surface area contributed by atoms with Crippen LogP contribution in [0, 0.1) is 5.82 Å². The van der Waals surface area contributed by atoms with Gasteiger partial charge in [-0.15, -0.1) is 0 Å². The molecule has 2 rings (SSSR count). The van der Waals surface area contributed by atoms with E-state index in [0.717, 1.165) is 6.07 Å². The topological polar surface area (TPSA) is 83.9 Å². The van der Waals surface area contributed by atoms with Gasteiger partial charge in [-0.25, -0.2) is 9.18 Å². The minimum absolute atomic E-state index is 0.0784. The molecule has 1 amide bonds. The van der Waals surface area contributed by atoms with Crippen molar-refractivity contribution in [3.05, 3.63) is 34.1 Å². The molecule has 1 fully saturated rings. The van der Waals surface area contributed by atoms with Crippen molar-refractivity contribution in [2.24, 2.45) is 0 Å². The molecule has 1 heterocycles. The van der Waals surface area contributed by atoms with Crippen LogP contribution in [0.15, 0.2) is 22.7 Å². The minimum atomic E-state index is -4.42.